The Morgan fingerprint density at radius 1 is 0.533 bits per heavy atom. The predicted octanol–water partition coefficient (Wildman–Crippen LogP) is 4.94. The minimum atomic E-state index is -1.39. The second kappa shape index (κ2) is 11.3. The van der Waals surface area contributed by atoms with Crippen LogP contribution in [0.1, 0.15) is 83.5 Å². The molecule has 3 unspecified atom stereocenters. The van der Waals surface area contributed by atoms with Crippen LogP contribution in [0.25, 0.3) is 0 Å². The third-order valence-corrected chi connectivity index (χ3v) is 6.08. The lowest BCUT2D eigenvalue weighted by molar-refractivity contribution is -0.107. The molecule has 9 heteroatoms. The molecule has 9 nitrogen and oxygen atoms in total. The van der Waals surface area contributed by atoms with Crippen molar-refractivity contribution in [2.45, 2.75) is 114 Å². The summed E-state index contributed by atoms with van der Waals surface area (Å²) in [6, 6.07) is 0. The van der Waals surface area contributed by atoms with Crippen LogP contribution in [-0.2, 0) is 23.7 Å². The van der Waals surface area contributed by atoms with Crippen LogP contribution in [0.5, 0.6) is 0 Å². The zero-order chi connectivity index (χ0) is 21.3. The van der Waals surface area contributed by atoms with Gasteiger partial charge in [-0.25, -0.2) is 14.4 Å². The van der Waals surface area contributed by atoms with Gasteiger partial charge in [0.25, 0.3) is 0 Å². The van der Waals surface area contributed by atoms with Crippen molar-refractivity contribution in [2.75, 3.05) is 0 Å². The average Bonchev–Trinajstić information content (AvgIpc) is 2.71. The summed E-state index contributed by atoms with van der Waals surface area (Å²) >= 11 is 0. The highest BCUT2D eigenvalue weighted by atomic mass is 16.8. The summed E-state index contributed by atoms with van der Waals surface area (Å²) in [5.41, 5.74) is 0. The molecule has 0 spiro atoms. The molecule has 3 fully saturated rings. The number of ether oxygens (including phenoxy) is 5. The Bertz CT molecular complexity index is 581. The molecule has 0 aromatic rings. The molecule has 3 aliphatic carbocycles. The smallest absolute Gasteiger partial charge is 0.450 e. The molecule has 0 saturated heterocycles. The van der Waals surface area contributed by atoms with Crippen LogP contribution in [0.2, 0.25) is 0 Å². The van der Waals surface area contributed by atoms with Crippen molar-refractivity contribution in [1.82, 2.24) is 0 Å². The van der Waals surface area contributed by atoms with Gasteiger partial charge in [0, 0.05) is 6.42 Å². The van der Waals surface area contributed by atoms with E-state index in [1.54, 1.807) is 0 Å². The molecular formula is C21H32O9. The number of hydrogen-bond acceptors (Lipinski definition) is 8. The standard InChI is InChI=1S/C21H32O9/c22-19(23)26-16-11-12-17(29-20(24)27-14-7-3-1-4-8-14)18(13-16)30-21(25)28-15-9-5-2-6-10-15/h14-18H,1-13H2,(H,22,23). The second-order valence-corrected chi connectivity index (χ2v) is 8.39. The van der Waals surface area contributed by atoms with Gasteiger partial charge in [0.1, 0.15) is 30.5 Å². The summed E-state index contributed by atoms with van der Waals surface area (Å²) in [5, 5.41) is 8.88. The molecule has 0 amide bonds. The van der Waals surface area contributed by atoms with Gasteiger partial charge in [-0.15, -0.1) is 0 Å². The number of carboxylic acid groups (broad SMARTS) is 1. The van der Waals surface area contributed by atoms with Crippen molar-refractivity contribution in [1.29, 1.82) is 0 Å². The van der Waals surface area contributed by atoms with Gasteiger partial charge in [0.05, 0.1) is 0 Å². The van der Waals surface area contributed by atoms with E-state index in [-0.39, 0.29) is 18.6 Å². The summed E-state index contributed by atoms with van der Waals surface area (Å²) < 4.78 is 26.5. The quantitative estimate of drug-likeness (QED) is 0.479. The van der Waals surface area contributed by atoms with E-state index in [2.05, 4.69) is 0 Å². The fourth-order valence-corrected chi connectivity index (χ4v) is 4.51. The van der Waals surface area contributed by atoms with Gasteiger partial charge in [0.2, 0.25) is 0 Å². The van der Waals surface area contributed by atoms with E-state index in [0.29, 0.717) is 12.8 Å². The third-order valence-electron chi connectivity index (χ3n) is 6.08. The highest BCUT2D eigenvalue weighted by Gasteiger charge is 2.39. The molecule has 0 radical (unpaired) electrons. The maximum Gasteiger partial charge on any atom is 0.508 e. The zero-order valence-corrected chi connectivity index (χ0v) is 17.3. The van der Waals surface area contributed by atoms with Crippen molar-refractivity contribution < 1.29 is 43.2 Å². The lowest BCUT2D eigenvalue weighted by Crippen LogP contribution is -2.44. The van der Waals surface area contributed by atoms with Crippen LogP contribution in [0.4, 0.5) is 14.4 Å². The average molecular weight is 428 g/mol. The Labute approximate surface area is 176 Å². The van der Waals surface area contributed by atoms with Crippen LogP contribution in [0.15, 0.2) is 0 Å². The van der Waals surface area contributed by atoms with Gasteiger partial charge in [0.15, 0.2) is 0 Å². The number of hydrogen-bond donors (Lipinski definition) is 1. The SMILES string of the molecule is O=C(O)OC1CCC(OC(=O)OC2CCCCC2)C(OC(=O)OC2CCCCC2)C1. The minimum absolute atomic E-state index is 0.105. The molecule has 3 saturated carbocycles. The maximum atomic E-state index is 12.3. The van der Waals surface area contributed by atoms with Gasteiger partial charge in [-0.1, -0.05) is 12.8 Å². The highest BCUT2D eigenvalue weighted by molar-refractivity contribution is 5.62. The Balaban J connectivity index is 1.54. The first-order valence-corrected chi connectivity index (χ1v) is 11.1. The highest BCUT2D eigenvalue weighted by Crippen LogP contribution is 2.29. The normalized spacial score (nSPS) is 28.2. The summed E-state index contributed by atoms with van der Waals surface area (Å²) in [6.45, 7) is 0. The predicted molar refractivity (Wildman–Crippen MR) is 103 cm³/mol. The van der Waals surface area contributed by atoms with Crippen LogP contribution >= 0.6 is 0 Å². The Hall–Kier alpha value is -2.19. The molecule has 3 rings (SSSR count). The maximum absolute atomic E-state index is 12.3. The lowest BCUT2D eigenvalue weighted by Gasteiger charge is -2.34. The molecule has 0 bridgehead atoms. The zero-order valence-electron chi connectivity index (χ0n) is 17.3. The van der Waals surface area contributed by atoms with Crippen molar-refractivity contribution >= 4 is 18.5 Å². The third kappa shape index (κ3) is 7.25. The molecule has 3 atom stereocenters. The van der Waals surface area contributed by atoms with Crippen molar-refractivity contribution in [2.24, 2.45) is 0 Å². The molecule has 0 aromatic heterocycles. The van der Waals surface area contributed by atoms with Crippen LogP contribution in [-0.4, -0.2) is 54.1 Å². The fraction of sp³-hybridized carbons (Fsp3) is 0.857. The first kappa shape index (κ1) is 22.5. The summed E-state index contributed by atoms with van der Waals surface area (Å²) in [5.74, 6) is 0. The lowest BCUT2D eigenvalue weighted by atomic mass is 9.92. The molecule has 0 heterocycles. The molecule has 0 aromatic carbocycles. The van der Waals surface area contributed by atoms with Crippen molar-refractivity contribution in [3.05, 3.63) is 0 Å². The van der Waals surface area contributed by atoms with E-state index in [9.17, 15) is 14.4 Å². The largest absolute Gasteiger partial charge is 0.508 e. The summed E-state index contributed by atoms with van der Waals surface area (Å²) in [6.07, 6.45) is 4.84. The van der Waals surface area contributed by atoms with Gasteiger partial charge in [-0.2, -0.15) is 0 Å². The fourth-order valence-electron chi connectivity index (χ4n) is 4.51. The molecule has 3 aliphatic rings. The van der Waals surface area contributed by atoms with E-state index in [1.807, 2.05) is 0 Å². The van der Waals surface area contributed by atoms with Crippen LogP contribution in [0, 0.1) is 0 Å². The van der Waals surface area contributed by atoms with Crippen LogP contribution in [0.3, 0.4) is 0 Å². The van der Waals surface area contributed by atoms with Crippen LogP contribution < -0.4 is 0 Å². The topological polar surface area (TPSA) is 118 Å². The van der Waals surface area contributed by atoms with E-state index < -0.39 is 36.8 Å². The summed E-state index contributed by atoms with van der Waals surface area (Å²) in [4.78, 5) is 35.4. The first-order valence-electron chi connectivity index (χ1n) is 11.1. The van der Waals surface area contributed by atoms with Gasteiger partial charge >= 0.3 is 18.5 Å². The number of rotatable bonds is 5. The number of carbonyl (C=O) groups is 3. The van der Waals surface area contributed by atoms with E-state index in [4.69, 9.17) is 28.8 Å². The van der Waals surface area contributed by atoms with Gasteiger partial charge in [-0.3, -0.25) is 0 Å². The molecular weight excluding hydrogens is 396 g/mol. The van der Waals surface area contributed by atoms with E-state index in [0.717, 1.165) is 64.2 Å². The Kier molecular flexibility index (Phi) is 8.45. The minimum Gasteiger partial charge on any atom is -0.450 e. The van der Waals surface area contributed by atoms with Crippen molar-refractivity contribution in [3.8, 4) is 0 Å². The molecule has 1 N–H and O–H groups in total. The van der Waals surface area contributed by atoms with E-state index >= 15 is 0 Å². The Morgan fingerprint density at radius 3 is 1.53 bits per heavy atom. The number of carbonyl (C=O) groups excluding carboxylic acids is 2. The summed E-state index contributed by atoms with van der Waals surface area (Å²) in [7, 11) is 0. The molecule has 30 heavy (non-hydrogen) atoms. The molecule has 170 valence electrons. The first-order chi connectivity index (χ1) is 14.5. The monoisotopic (exact) mass is 428 g/mol. The van der Waals surface area contributed by atoms with Gasteiger partial charge < -0.3 is 28.8 Å². The van der Waals surface area contributed by atoms with Crippen molar-refractivity contribution in [3.63, 3.8) is 0 Å². The van der Waals surface area contributed by atoms with Gasteiger partial charge in [-0.05, 0) is 64.2 Å². The van der Waals surface area contributed by atoms with E-state index in [1.165, 1.54) is 0 Å². The Morgan fingerprint density at radius 2 is 1.03 bits per heavy atom. The second-order valence-electron chi connectivity index (χ2n) is 8.39. The molecule has 0 aliphatic heterocycles.